The third-order valence-corrected chi connectivity index (χ3v) is 11.3. The molecular formula is C32H34N4O9S. The molecule has 242 valence electrons. The van der Waals surface area contributed by atoms with Gasteiger partial charge < -0.3 is 34.5 Å². The van der Waals surface area contributed by atoms with E-state index in [0.29, 0.717) is 51.5 Å². The summed E-state index contributed by atoms with van der Waals surface area (Å²) in [6.07, 6.45) is 0.435. The van der Waals surface area contributed by atoms with Crippen LogP contribution in [-0.4, -0.2) is 88.2 Å². The number of esters is 2. The summed E-state index contributed by atoms with van der Waals surface area (Å²) in [5.41, 5.74) is 3.73. The molecule has 7 atom stereocenters. The molecule has 14 heteroatoms. The number of carbonyl (C=O) groups is 3. The number of nitrogens with one attached hydrogen (secondary N) is 1. The summed E-state index contributed by atoms with van der Waals surface area (Å²) in [5, 5.41) is 35.4. The van der Waals surface area contributed by atoms with Crippen LogP contribution in [0.5, 0.6) is 28.7 Å². The van der Waals surface area contributed by atoms with Gasteiger partial charge in [-0.1, -0.05) is 6.07 Å². The van der Waals surface area contributed by atoms with E-state index in [1.807, 2.05) is 13.1 Å². The molecule has 6 aliphatic rings. The quantitative estimate of drug-likeness (QED) is 0.246. The van der Waals surface area contributed by atoms with Crippen molar-refractivity contribution in [1.82, 2.24) is 15.1 Å². The molecule has 0 aliphatic carbocycles. The molecule has 2 aromatic rings. The summed E-state index contributed by atoms with van der Waals surface area (Å²) in [4.78, 5) is 42.2. The highest BCUT2D eigenvalue weighted by Crippen LogP contribution is 2.64. The minimum Gasteiger partial charge on any atom is -0.504 e. The fourth-order valence-corrected chi connectivity index (χ4v) is 9.57. The highest BCUT2D eigenvalue weighted by molar-refractivity contribution is 7.99. The number of piperazine rings is 1. The topological polar surface area (TPSA) is 171 Å². The van der Waals surface area contributed by atoms with Crippen molar-refractivity contribution in [2.75, 3.05) is 26.2 Å². The number of rotatable bonds is 2. The fraction of sp³-hybridized carbons (Fsp3) is 0.500. The lowest BCUT2D eigenvalue weighted by Crippen LogP contribution is -2.69. The highest BCUT2D eigenvalue weighted by atomic mass is 32.2. The van der Waals surface area contributed by atoms with Crippen LogP contribution in [0.1, 0.15) is 64.6 Å². The maximum Gasteiger partial charge on any atom is 0.329 e. The Bertz CT molecular complexity index is 1740. The van der Waals surface area contributed by atoms with Gasteiger partial charge in [-0.3, -0.25) is 19.4 Å². The van der Waals surface area contributed by atoms with Crippen LogP contribution < -0.4 is 19.5 Å². The maximum absolute atomic E-state index is 13.4. The van der Waals surface area contributed by atoms with Gasteiger partial charge in [-0.15, -0.1) is 11.8 Å². The molecule has 4 bridgehead atoms. The zero-order valence-electron chi connectivity index (χ0n) is 25.9. The number of nitrogens with zero attached hydrogens (tertiary/aromatic N) is 3. The lowest BCUT2D eigenvalue weighted by Gasteiger charge is -2.61. The minimum absolute atomic E-state index is 0.0694. The number of fused-ring (bicyclic) bond motifs is 10. The molecule has 0 aromatic heterocycles. The van der Waals surface area contributed by atoms with Crippen LogP contribution >= 0.6 is 11.8 Å². The number of phenolic OH excluding ortho intramolecular Hbond substituents is 2. The van der Waals surface area contributed by atoms with Crippen molar-refractivity contribution < 1.29 is 43.5 Å². The van der Waals surface area contributed by atoms with E-state index in [9.17, 15) is 29.9 Å². The first-order valence-electron chi connectivity index (χ1n) is 15.1. The van der Waals surface area contributed by atoms with Crippen LogP contribution in [0.3, 0.4) is 0 Å². The predicted molar refractivity (Wildman–Crippen MR) is 163 cm³/mol. The number of nitriles is 1. The summed E-state index contributed by atoms with van der Waals surface area (Å²) in [6.45, 7) is 5.88. The lowest BCUT2D eigenvalue weighted by molar-refractivity contribution is -0.152. The summed E-state index contributed by atoms with van der Waals surface area (Å²) in [7, 11) is 1.91. The Balaban J connectivity index is 1.54. The van der Waals surface area contributed by atoms with Gasteiger partial charge in [-0.2, -0.15) is 5.26 Å². The molecule has 0 saturated carbocycles. The summed E-state index contributed by atoms with van der Waals surface area (Å²) in [5.74, 6) is -0.743. The van der Waals surface area contributed by atoms with Gasteiger partial charge in [-0.05, 0) is 38.4 Å². The first-order chi connectivity index (χ1) is 21.9. The molecule has 2 saturated heterocycles. The number of aryl methyl sites for hydroxylation is 1. The van der Waals surface area contributed by atoms with Crippen molar-refractivity contribution in [3.63, 3.8) is 0 Å². The van der Waals surface area contributed by atoms with E-state index < -0.39 is 53.3 Å². The molecular weight excluding hydrogens is 616 g/mol. The molecule has 3 N–H and O–H groups in total. The van der Waals surface area contributed by atoms with Crippen molar-refractivity contribution >= 4 is 29.6 Å². The number of thioether (sulfide) groups is 1. The lowest BCUT2D eigenvalue weighted by atomic mass is 9.71. The first-order valence-corrected chi connectivity index (χ1v) is 16.1. The Morgan fingerprint density at radius 2 is 1.85 bits per heavy atom. The van der Waals surface area contributed by atoms with Crippen LogP contribution in [0, 0.1) is 25.2 Å². The number of hydrogen-bond donors (Lipinski definition) is 3. The van der Waals surface area contributed by atoms with E-state index in [0.717, 1.165) is 5.56 Å². The SMILES string of the molecule is CC(=O)N[C@@H]1CS[C@@H]2c3c(OC(C)=O)c(C)c4c(c3[C@H](COC1=O)N1C2[C@H]2c3c(cc(C)c(O)c3O)C[C@@H]([C@@H]1C#N)N2C)OCO4. The molecule has 46 heavy (non-hydrogen) atoms. The van der Waals surface area contributed by atoms with E-state index in [-0.39, 0.29) is 36.7 Å². The van der Waals surface area contributed by atoms with Crippen LogP contribution in [0.25, 0.3) is 0 Å². The number of ether oxygens (including phenoxy) is 4. The molecule has 13 nitrogen and oxygen atoms in total. The fourth-order valence-electron chi connectivity index (χ4n) is 8.06. The Hall–Kier alpha value is -4.19. The van der Waals surface area contributed by atoms with Gasteiger partial charge in [0.25, 0.3) is 0 Å². The van der Waals surface area contributed by atoms with Gasteiger partial charge in [0.15, 0.2) is 23.0 Å². The second-order valence-corrected chi connectivity index (χ2v) is 13.6. The van der Waals surface area contributed by atoms with Crippen molar-refractivity contribution in [2.24, 2.45) is 0 Å². The number of likely N-dealkylation sites (N-methyl/N-ethyl adjacent to an activating group) is 1. The van der Waals surface area contributed by atoms with E-state index in [4.69, 9.17) is 18.9 Å². The monoisotopic (exact) mass is 650 g/mol. The number of aromatic hydroxyl groups is 2. The van der Waals surface area contributed by atoms with E-state index in [1.165, 1.54) is 25.6 Å². The van der Waals surface area contributed by atoms with Gasteiger partial charge in [0.1, 0.15) is 24.4 Å². The molecule has 6 aliphatic heterocycles. The second kappa shape index (κ2) is 11.0. The Morgan fingerprint density at radius 3 is 2.54 bits per heavy atom. The standard InChI is InChI=1S/C32H34N4O9S/c1-12-6-16-7-18-19(8-33)36-20-9-42-32(41)17(34-14(3)37)10-46-31(25(36)24(35(18)5)21(16)27(40)26(12)39)23-22(20)30-29(43-11-44-30)13(2)28(23)45-15(4)38/h6,17-20,24-25,31,39-40H,7,9-11H2,1-5H3,(H,34,37)/t17-,18+,19+,20+,24-,25?,31-/m1/s1. The van der Waals surface area contributed by atoms with E-state index >= 15 is 0 Å². The molecule has 1 unspecified atom stereocenters. The molecule has 1 amide bonds. The Labute approximate surface area is 269 Å². The highest BCUT2D eigenvalue weighted by Gasteiger charge is 2.60. The van der Waals surface area contributed by atoms with Gasteiger partial charge in [0.2, 0.25) is 12.7 Å². The second-order valence-electron chi connectivity index (χ2n) is 12.4. The maximum atomic E-state index is 13.4. The number of benzene rings is 2. The predicted octanol–water partition coefficient (Wildman–Crippen LogP) is 2.43. The first kappa shape index (κ1) is 30.5. The van der Waals surface area contributed by atoms with Crippen molar-refractivity contribution in [3.05, 3.63) is 39.4 Å². The summed E-state index contributed by atoms with van der Waals surface area (Å²) in [6, 6.07) is 0.566. The van der Waals surface area contributed by atoms with E-state index in [2.05, 4.69) is 21.2 Å². The van der Waals surface area contributed by atoms with Gasteiger partial charge >= 0.3 is 11.9 Å². The van der Waals surface area contributed by atoms with E-state index in [1.54, 1.807) is 13.8 Å². The molecule has 0 radical (unpaired) electrons. The number of hydrogen-bond acceptors (Lipinski definition) is 13. The van der Waals surface area contributed by atoms with Crippen molar-refractivity contribution in [3.8, 4) is 34.8 Å². The third-order valence-electron chi connectivity index (χ3n) is 9.86. The molecule has 2 fully saturated rings. The van der Waals surface area contributed by atoms with Crippen LogP contribution in [-0.2, 0) is 25.5 Å². The van der Waals surface area contributed by atoms with Crippen LogP contribution in [0.15, 0.2) is 6.07 Å². The van der Waals surface area contributed by atoms with Crippen molar-refractivity contribution in [1.29, 1.82) is 5.26 Å². The molecule has 8 rings (SSSR count). The summed E-state index contributed by atoms with van der Waals surface area (Å²) < 4.78 is 23.8. The molecule has 0 spiro atoms. The average Bonchev–Trinajstić information content (AvgIpc) is 3.49. The molecule has 2 aromatic carbocycles. The zero-order valence-corrected chi connectivity index (χ0v) is 26.8. The molecule has 6 heterocycles. The smallest absolute Gasteiger partial charge is 0.329 e. The average molecular weight is 651 g/mol. The Kier molecular flexibility index (Phi) is 7.26. The largest absolute Gasteiger partial charge is 0.504 e. The summed E-state index contributed by atoms with van der Waals surface area (Å²) >= 11 is 1.36. The number of amides is 1. The number of phenols is 2. The van der Waals surface area contributed by atoms with Crippen LogP contribution in [0.4, 0.5) is 0 Å². The number of carbonyl (C=O) groups excluding carboxylic acids is 3. The van der Waals surface area contributed by atoms with Gasteiger partial charge in [0, 0.05) is 53.9 Å². The van der Waals surface area contributed by atoms with Crippen molar-refractivity contribution in [2.45, 2.75) is 75.6 Å². The third kappa shape index (κ3) is 4.32. The zero-order chi connectivity index (χ0) is 32.8. The van der Waals surface area contributed by atoms with Gasteiger partial charge in [-0.25, -0.2) is 4.79 Å². The van der Waals surface area contributed by atoms with Crippen LogP contribution in [0.2, 0.25) is 0 Å². The van der Waals surface area contributed by atoms with Gasteiger partial charge in [0.05, 0.1) is 23.4 Å². The normalized spacial score (nSPS) is 29.5. The minimum atomic E-state index is -0.967. The Morgan fingerprint density at radius 1 is 1.11 bits per heavy atom.